The normalized spacial score (nSPS) is 15.5. The zero-order valence-electron chi connectivity index (χ0n) is 12.3. The molecule has 2 nitrogen and oxygen atoms in total. The summed E-state index contributed by atoms with van der Waals surface area (Å²) < 4.78 is 8.15. The molecule has 0 bridgehead atoms. The SMILES string of the molecule is Brc1ccc2c(Br)c(OCCC3CCNCC3)ccc2c1.Cl. The van der Waals surface area contributed by atoms with Gasteiger partial charge in [-0.1, -0.05) is 28.1 Å². The molecule has 1 aliphatic heterocycles. The number of nitrogens with one attached hydrogen (secondary N) is 1. The van der Waals surface area contributed by atoms with Gasteiger partial charge in [-0.3, -0.25) is 0 Å². The molecule has 1 heterocycles. The highest BCUT2D eigenvalue weighted by Gasteiger charge is 2.13. The Morgan fingerprint density at radius 2 is 1.86 bits per heavy atom. The fraction of sp³-hybridized carbons (Fsp3) is 0.412. The first-order valence-corrected chi connectivity index (χ1v) is 9.04. The molecule has 22 heavy (non-hydrogen) atoms. The van der Waals surface area contributed by atoms with Crippen molar-refractivity contribution in [1.82, 2.24) is 5.32 Å². The average Bonchev–Trinajstić information content (AvgIpc) is 2.50. The van der Waals surface area contributed by atoms with E-state index in [2.05, 4.69) is 67.5 Å². The Morgan fingerprint density at radius 1 is 1.09 bits per heavy atom. The van der Waals surface area contributed by atoms with Crippen LogP contribution in [0, 0.1) is 5.92 Å². The molecule has 1 aliphatic rings. The summed E-state index contributed by atoms with van der Waals surface area (Å²) in [7, 11) is 0. The molecule has 0 atom stereocenters. The van der Waals surface area contributed by atoms with Gasteiger partial charge in [-0.05, 0) is 83.2 Å². The van der Waals surface area contributed by atoms with E-state index in [-0.39, 0.29) is 12.4 Å². The summed E-state index contributed by atoms with van der Waals surface area (Å²) in [6.07, 6.45) is 3.69. The van der Waals surface area contributed by atoms with E-state index in [9.17, 15) is 0 Å². The monoisotopic (exact) mass is 447 g/mol. The molecule has 0 amide bonds. The highest BCUT2D eigenvalue weighted by Crippen LogP contribution is 2.34. The van der Waals surface area contributed by atoms with Crippen LogP contribution in [-0.2, 0) is 0 Å². The van der Waals surface area contributed by atoms with E-state index >= 15 is 0 Å². The van der Waals surface area contributed by atoms with Gasteiger partial charge in [0.15, 0.2) is 0 Å². The maximum Gasteiger partial charge on any atom is 0.134 e. The second-order valence-corrected chi connectivity index (χ2v) is 7.28. The minimum absolute atomic E-state index is 0. The van der Waals surface area contributed by atoms with E-state index in [1.54, 1.807) is 0 Å². The number of halogens is 3. The minimum atomic E-state index is 0. The Balaban J connectivity index is 0.00000176. The number of ether oxygens (including phenoxy) is 1. The van der Waals surface area contributed by atoms with Gasteiger partial charge in [0, 0.05) is 4.47 Å². The van der Waals surface area contributed by atoms with Crippen LogP contribution in [0.1, 0.15) is 19.3 Å². The standard InChI is InChI=1S/C17H19Br2NO.ClH/c18-14-2-3-15-13(11-14)1-4-16(17(15)19)21-10-7-12-5-8-20-9-6-12;/h1-4,11-12,20H,5-10H2;1H. The first kappa shape index (κ1) is 18.1. The van der Waals surface area contributed by atoms with Crippen molar-refractivity contribution in [3.05, 3.63) is 39.3 Å². The van der Waals surface area contributed by atoms with Crippen molar-refractivity contribution in [2.45, 2.75) is 19.3 Å². The Morgan fingerprint density at radius 3 is 2.64 bits per heavy atom. The summed E-state index contributed by atoms with van der Waals surface area (Å²) in [5, 5.41) is 5.81. The fourth-order valence-electron chi connectivity index (χ4n) is 2.86. The molecule has 2 aromatic carbocycles. The maximum atomic E-state index is 6.00. The van der Waals surface area contributed by atoms with Gasteiger partial charge in [-0.15, -0.1) is 12.4 Å². The Kier molecular flexibility index (Phi) is 7.00. The zero-order valence-corrected chi connectivity index (χ0v) is 16.3. The minimum Gasteiger partial charge on any atom is -0.492 e. The Hall–Kier alpha value is -0.290. The molecule has 0 radical (unpaired) electrons. The summed E-state index contributed by atoms with van der Waals surface area (Å²) in [5.41, 5.74) is 0. The van der Waals surface area contributed by atoms with E-state index in [0.717, 1.165) is 46.7 Å². The van der Waals surface area contributed by atoms with Gasteiger partial charge in [-0.2, -0.15) is 0 Å². The average molecular weight is 450 g/mol. The van der Waals surface area contributed by atoms with Gasteiger partial charge >= 0.3 is 0 Å². The zero-order chi connectivity index (χ0) is 14.7. The molecule has 0 aliphatic carbocycles. The van der Waals surface area contributed by atoms with Gasteiger partial charge in [0.1, 0.15) is 5.75 Å². The van der Waals surface area contributed by atoms with E-state index in [1.807, 2.05) is 0 Å². The van der Waals surface area contributed by atoms with Crippen molar-refractivity contribution in [3.8, 4) is 5.75 Å². The highest BCUT2D eigenvalue weighted by molar-refractivity contribution is 9.11. The first-order valence-electron chi connectivity index (χ1n) is 7.45. The molecule has 1 N–H and O–H groups in total. The van der Waals surface area contributed by atoms with Crippen molar-refractivity contribution >= 4 is 55.0 Å². The van der Waals surface area contributed by atoms with E-state index < -0.39 is 0 Å². The van der Waals surface area contributed by atoms with Crippen molar-refractivity contribution in [2.24, 2.45) is 5.92 Å². The Bertz CT molecular complexity index is 629. The number of fused-ring (bicyclic) bond motifs is 1. The number of hydrogen-bond acceptors (Lipinski definition) is 2. The summed E-state index contributed by atoms with van der Waals surface area (Å²) in [4.78, 5) is 0. The lowest BCUT2D eigenvalue weighted by atomic mass is 9.95. The molecule has 0 saturated carbocycles. The third-order valence-electron chi connectivity index (χ3n) is 4.12. The lowest BCUT2D eigenvalue weighted by molar-refractivity contribution is 0.251. The summed E-state index contributed by atoms with van der Waals surface area (Å²) in [6, 6.07) is 10.5. The largest absolute Gasteiger partial charge is 0.492 e. The molecular weight excluding hydrogens is 429 g/mol. The molecule has 0 aromatic heterocycles. The van der Waals surface area contributed by atoms with E-state index in [1.165, 1.54) is 23.6 Å². The van der Waals surface area contributed by atoms with E-state index in [4.69, 9.17) is 4.74 Å². The Labute approximate surface area is 154 Å². The molecule has 5 heteroatoms. The van der Waals surface area contributed by atoms with Crippen LogP contribution in [0.3, 0.4) is 0 Å². The summed E-state index contributed by atoms with van der Waals surface area (Å²) in [5.74, 6) is 1.75. The van der Waals surface area contributed by atoms with Crippen LogP contribution in [-0.4, -0.2) is 19.7 Å². The lowest BCUT2D eigenvalue weighted by Gasteiger charge is -2.22. The fourth-order valence-corrected chi connectivity index (χ4v) is 3.85. The number of rotatable bonds is 4. The van der Waals surface area contributed by atoms with Crippen LogP contribution in [0.4, 0.5) is 0 Å². The van der Waals surface area contributed by atoms with Gasteiger partial charge in [0.05, 0.1) is 11.1 Å². The van der Waals surface area contributed by atoms with Crippen molar-refractivity contribution in [2.75, 3.05) is 19.7 Å². The number of hydrogen-bond donors (Lipinski definition) is 1. The van der Waals surface area contributed by atoms with Crippen LogP contribution in [0.2, 0.25) is 0 Å². The highest BCUT2D eigenvalue weighted by atomic mass is 79.9. The van der Waals surface area contributed by atoms with Gasteiger partial charge in [0.2, 0.25) is 0 Å². The lowest BCUT2D eigenvalue weighted by Crippen LogP contribution is -2.28. The quantitative estimate of drug-likeness (QED) is 0.660. The van der Waals surface area contributed by atoms with Crippen molar-refractivity contribution in [3.63, 3.8) is 0 Å². The maximum absolute atomic E-state index is 6.00. The summed E-state index contributed by atoms with van der Waals surface area (Å²) >= 11 is 7.19. The predicted molar refractivity (Wildman–Crippen MR) is 102 cm³/mol. The first-order chi connectivity index (χ1) is 10.2. The number of benzene rings is 2. The van der Waals surface area contributed by atoms with Gasteiger partial charge < -0.3 is 10.1 Å². The molecule has 0 spiro atoms. The van der Waals surface area contributed by atoms with Crippen molar-refractivity contribution < 1.29 is 4.74 Å². The molecular formula is C17H20Br2ClNO. The van der Waals surface area contributed by atoms with Gasteiger partial charge in [0.25, 0.3) is 0 Å². The summed E-state index contributed by atoms with van der Waals surface area (Å²) in [6.45, 7) is 3.10. The van der Waals surface area contributed by atoms with Crippen LogP contribution >= 0.6 is 44.3 Å². The van der Waals surface area contributed by atoms with Gasteiger partial charge in [-0.25, -0.2) is 0 Å². The van der Waals surface area contributed by atoms with Crippen LogP contribution in [0.15, 0.2) is 39.3 Å². The van der Waals surface area contributed by atoms with Crippen LogP contribution in [0.25, 0.3) is 10.8 Å². The van der Waals surface area contributed by atoms with Crippen LogP contribution in [0.5, 0.6) is 5.75 Å². The molecule has 3 rings (SSSR count). The smallest absolute Gasteiger partial charge is 0.134 e. The third-order valence-corrected chi connectivity index (χ3v) is 5.43. The topological polar surface area (TPSA) is 21.3 Å². The second kappa shape index (κ2) is 8.53. The van der Waals surface area contributed by atoms with Crippen LogP contribution < -0.4 is 10.1 Å². The predicted octanol–water partition coefficient (Wildman–Crippen LogP) is 5.56. The molecule has 1 saturated heterocycles. The van der Waals surface area contributed by atoms with E-state index in [0.29, 0.717) is 0 Å². The van der Waals surface area contributed by atoms with Crippen molar-refractivity contribution in [1.29, 1.82) is 0 Å². The molecule has 1 fully saturated rings. The number of piperidine rings is 1. The second-order valence-electron chi connectivity index (χ2n) is 5.57. The molecule has 0 unspecified atom stereocenters. The molecule has 120 valence electrons. The third kappa shape index (κ3) is 4.38. The molecule has 2 aromatic rings.